The molecule has 0 fully saturated rings. The molecule has 4 heteroatoms. The van der Waals surface area contributed by atoms with Crippen molar-refractivity contribution in [3.05, 3.63) is 89.5 Å². The Morgan fingerprint density at radius 1 is 1.00 bits per heavy atom. The van der Waals surface area contributed by atoms with Gasteiger partial charge < -0.3 is 5.32 Å². The van der Waals surface area contributed by atoms with Crippen LogP contribution in [0.4, 0.5) is 5.69 Å². The van der Waals surface area contributed by atoms with Gasteiger partial charge in [-0.2, -0.15) is 5.26 Å². The van der Waals surface area contributed by atoms with Gasteiger partial charge in [-0.15, -0.1) is 0 Å². The maximum atomic E-state index is 12.8. The third-order valence-corrected chi connectivity index (χ3v) is 5.10. The van der Waals surface area contributed by atoms with Crippen molar-refractivity contribution in [2.24, 2.45) is 0 Å². The summed E-state index contributed by atoms with van der Waals surface area (Å²) < 4.78 is 0. The van der Waals surface area contributed by atoms with Crippen molar-refractivity contribution in [3.8, 4) is 6.07 Å². The zero-order valence-corrected chi connectivity index (χ0v) is 15.2. The molecule has 0 atom stereocenters. The van der Waals surface area contributed by atoms with Gasteiger partial charge in [-0.1, -0.05) is 55.1 Å². The molecule has 3 nitrogen and oxygen atoms in total. The van der Waals surface area contributed by atoms with Crippen molar-refractivity contribution in [1.82, 2.24) is 0 Å². The van der Waals surface area contributed by atoms with Crippen LogP contribution in [-0.2, 0) is 6.42 Å². The van der Waals surface area contributed by atoms with Gasteiger partial charge in [0.2, 0.25) is 0 Å². The second-order valence-corrected chi connectivity index (χ2v) is 6.80. The van der Waals surface area contributed by atoms with Gasteiger partial charge in [-0.3, -0.25) is 4.79 Å². The van der Waals surface area contributed by atoms with E-state index in [4.69, 9.17) is 0 Å². The summed E-state index contributed by atoms with van der Waals surface area (Å²) in [6.45, 7) is 2.08. The number of amides is 1. The summed E-state index contributed by atoms with van der Waals surface area (Å²) in [7, 11) is 0. The molecule has 0 aromatic heterocycles. The fraction of sp³-hybridized carbons (Fsp3) is 0.0909. The second-order valence-electron chi connectivity index (χ2n) is 5.71. The highest BCUT2D eigenvalue weighted by Gasteiger charge is 2.13. The minimum absolute atomic E-state index is 0.157. The van der Waals surface area contributed by atoms with Gasteiger partial charge in [0.1, 0.15) is 6.07 Å². The van der Waals surface area contributed by atoms with Crippen LogP contribution in [0.3, 0.4) is 0 Å². The van der Waals surface area contributed by atoms with E-state index in [1.54, 1.807) is 12.1 Å². The van der Waals surface area contributed by atoms with E-state index in [0.717, 1.165) is 21.9 Å². The van der Waals surface area contributed by atoms with E-state index in [9.17, 15) is 10.1 Å². The van der Waals surface area contributed by atoms with Crippen LogP contribution in [0.15, 0.2) is 82.6 Å². The Kier molecular flexibility index (Phi) is 5.73. The Morgan fingerprint density at radius 3 is 2.50 bits per heavy atom. The van der Waals surface area contributed by atoms with E-state index >= 15 is 0 Å². The zero-order valence-electron chi connectivity index (χ0n) is 14.4. The number of carbonyl (C=O) groups excluding carboxylic acids is 1. The normalized spacial score (nSPS) is 10.2. The van der Waals surface area contributed by atoms with Crippen LogP contribution < -0.4 is 5.32 Å². The van der Waals surface area contributed by atoms with Crippen LogP contribution in [0.5, 0.6) is 0 Å². The van der Waals surface area contributed by atoms with Crippen LogP contribution >= 0.6 is 11.8 Å². The molecule has 0 spiro atoms. The average molecular weight is 358 g/mol. The highest BCUT2D eigenvalue weighted by atomic mass is 32.2. The molecule has 3 aromatic rings. The summed E-state index contributed by atoms with van der Waals surface area (Å²) >= 11 is 1.43. The van der Waals surface area contributed by atoms with Crippen LogP contribution in [-0.4, -0.2) is 5.91 Å². The van der Waals surface area contributed by atoms with Crippen LogP contribution in [0, 0.1) is 11.3 Å². The Labute approximate surface area is 157 Å². The Balaban J connectivity index is 1.87. The maximum Gasteiger partial charge on any atom is 0.256 e. The van der Waals surface area contributed by atoms with Crippen molar-refractivity contribution in [1.29, 1.82) is 5.26 Å². The highest BCUT2D eigenvalue weighted by Crippen LogP contribution is 2.32. The molecule has 0 bridgehead atoms. The molecule has 0 aliphatic heterocycles. The first-order valence-corrected chi connectivity index (χ1v) is 9.19. The number of nitrogens with zero attached hydrogens (tertiary/aromatic N) is 1. The van der Waals surface area contributed by atoms with Gasteiger partial charge in [0.15, 0.2) is 0 Å². The first-order valence-electron chi connectivity index (χ1n) is 8.37. The summed E-state index contributed by atoms with van der Waals surface area (Å²) in [6, 6.07) is 24.9. The fourth-order valence-corrected chi connectivity index (χ4v) is 3.60. The summed E-state index contributed by atoms with van der Waals surface area (Å²) in [5, 5.41) is 12.2. The van der Waals surface area contributed by atoms with E-state index < -0.39 is 0 Å². The second kappa shape index (κ2) is 8.37. The first kappa shape index (κ1) is 17.8. The number of nitrogens with one attached hydrogen (secondary N) is 1. The lowest BCUT2D eigenvalue weighted by atomic mass is 10.1. The first-order chi connectivity index (χ1) is 12.7. The van der Waals surface area contributed by atoms with Crippen molar-refractivity contribution >= 4 is 23.4 Å². The predicted molar refractivity (Wildman–Crippen MR) is 105 cm³/mol. The van der Waals surface area contributed by atoms with Gasteiger partial charge in [-0.25, -0.2) is 0 Å². The fourth-order valence-electron chi connectivity index (χ4n) is 2.58. The lowest BCUT2D eigenvalue weighted by Crippen LogP contribution is -2.13. The molecule has 0 unspecified atom stereocenters. The van der Waals surface area contributed by atoms with Crippen molar-refractivity contribution in [2.45, 2.75) is 23.1 Å². The van der Waals surface area contributed by atoms with Crippen molar-refractivity contribution in [2.75, 3.05) is 5.32 Å². The van der Waals surface area contributed by atoms with E-state index in [-0.39, 0.29) is 5.91 Å². The number of rotatable bonds is 5. The lowest BCUT2D eigenvalue weighted by Gasteiger charge is -2.11. The molecule has 1 amide bonds. The number of carbonyl (C=O) groups is 1. The zero-order chi connectivity index (χ0) is 18.4. The standard InChI is InChI=1S/C22H18N2OS/c1-2-16-8-7-10-18(14-16)24-22(25)19-11-4-6-13-21(19)26-20-12-5-3-9-17(20)15-23/h3-14H,2H2,1H3,(H,24,25). The Hall–Kier alpha value is -3.03. The number of nitriles is 1. The molecule has 0 aliphatic rings. The topological polar surface area (TPSA) is 52.9 Å². The van der Waals surface area contributed by atoms with Crippen LogP contribution in [0.2, 0.25) is 0 Å². The molecule has 0 radical (unpaired) electrons. The average Bonchev–Trinajstić information content (AvgIpc) is 2.69. The van der Waals surface area contributed by atoms with Gasteiger partial charge in [0.05, 0.1) is 11.1 Å². The third-order valence-electron chi connectivity index (χ3n) is 3.95. The maximum absolute atomic E-state index is 12.8. The van der Waals surface area contributed by atoms with Crippen molar-refractivity contribution in [3.63, 3.8) is 0 Å². The number of aryl methyl sites for hydroxylation is 1. The number of hydrogen-bond donors (Lipinski definition) is 1. The SMILES string of the molecule is CCc1cccc(NC(=O)c2ccccc2Sc2ccccc2C#N)c1. The lowest BCUT2D eigenvalue weighted by molar-refractivity contribution is 0.102. The molecule has 3 rings (SSSR count). The molecular formula is C22H18N2OS. The van der Waals surface area contributed by atoms with E-state index in [1.807, 2.05) is 60.7 Å². The third kappa shape index (κ3) is 4.14. The molecule has 128 valence electrons. The summed E-state index contributed by atoms with van der Waals surface area (Å²) in [4.78, 5) is 14.4. The summed E-state index contributed by atoms with van der Waals surface area (Å²) in [5.74, 6) is -0.157. The van der Waals surface area contributed by atoms with Gasteiger partial charge in [0, 0.05) is 15.5 Å². The number of hydrogen-bond acceptors (Lipinski definition) is 3. The van der Waals surface area contributed by atoms with Crippen LogP contribution in [0.25, 0.3) is 0 Å². The van der Waals surface area contributed by atoms with E-state index in [1.165, 1.54) is 17.3 Å². The Bertz CT molecular complexity index is 976. The van der Waals surface area contributed by atoms with Crippen LogP contribution in [0.1, 0.15) is 28.4 Å². The summed E-state index contributed by atoms with van der Waals surface area (Å²) in [6.07, 6.45) is 0.918. The number of anilines is 1. The largest absolute Gasteiger partial charge is 0.322 e. The smallest absolute Gasteiger partial charge is 0.256 e. The molecule has 0 saturated carbocycles. The molecule has 0 aliphatic carbocycles. The minimum Gasteiger partial charge on any atom is -0.322 e. The van der Waals surface area contributed by atoms with Crippen molar-refractivity contribution < 1.29 is 4.79 Å². The predicted octanol–water partition coefficient (Wildman–Crippen LogP) is 5.52. The minimum atomic E-state index is -0.157. The van der Waals surface area contributed by atoms with E-state index in [0.29, 0.717) is 11.1 Å². The number of benzene rings is 3. The highest BCUT2D eigenvalue weighted by molar-refractivity contribution is 7.99. The Morgan fingerprint density at radius 2 is 1.73 bits per heavy atom. The van der Waals surface area contributed by atoms with Gasteiger partial charge in [0.25, 0.3) is 5.91 Å². The molecule has 1 N–H and O–H groups in total. The van der Waals surface area contributed by atoms with Gasteiger partial charge in [-0.05, 0) is 48.4 Å². The molecule has 0 heterocycles. The quantitative estimate of drug-likeness (QED) is 0.653. The molecule has 26 heavy (non-hydrogen) atoms. The molecule has 3 aromatic carbocycles. The monoisotopic (exact) mass is 358 g/mol. The van der Waals surface area contributed by atoms with Gasteiger partial charge >= 0.3 is 0 Å². The van der Waals surface area contributed by atoms with E-state index in [2.05, 4.69) is 18.3 Å². The molecular weight excluding hydrogens is 340 g/mol. The summed E-state index contributed by atoms with van der Waals surface area (Å²) in [5.41, 5.74) is 3.15. The molecule has 0 saturated heterocycles.